The third-order valence-electron chi connectivity index (χ3n) is 2.70. The summed E-state index contributed by atoms with van der Waals surface area (Å²) in [5, 5.41) is 19.8. The Morgan fingerprint density at radius 2 is 2.38 bits per heavy atom. The number of nitrogens with zero attached hydrogens (tertiary/aromatic N) is 2. The highest BCUT2D eigenvalue weighted by molar-refractivity contribution is 7.97. The zero-order chi connectivity index (χ0) is 11.6. The Morgan fingerprint density at radius 1 is 1.56 bits per heavy atom. The van der Waals surface area contributed by atoms with E-state index in [4.69, 9.17) is 5.11 Å². The Morgan fingerprint density at radius 3 is 2.94 bits per heavy atom. The molecular formula is C11H16N2O2S. The van der Waals surface area contributed by atoms with Crippen LogP contribution < -0.4 is 0 Å². The third-order valence-corrected chi connectivity index (χ3v) is 3.70. The van der Waals surface area contributed by atoms with E-state index in [1.165, 1.54) is 11.9 Å². The second-order valence-corrected chi connectivity index (χ2v) is 5.38. The number of aromatic nitrogens is 1. The van der Waals surface area contributed by atoms with Gasteiger partial charge in [0.25, 0.3) is 0 Å². The number of rotatable bonds is 3. The van der Waals surface area contributed by atoms with Crippen LogP contribution in [0.15, 0.2) is 23.4 Å². The fraction of sp³-hybridized carbons (Fsp3) is 0.545. The van der Waals surface area contributed by atoms with Crippen molar-refractivity contribution < 1.29 is 10.2 Å². The van der Waals surface area contributed by atoms with Gasteiger partial charge in [0, 0.05) is 19.3 Å². The van der Waals surface area contributed by atoms with Crippen LogP contribution in [-0.2, 0) is 0 Å². The molecule has 1 aliphatic heterocycles. The molecule has 2 rings (SSSR count). The van der Waals surface area contributed by atoms with Gasteiger partial charge in [-0.15, -0.1) is 0 Å². The number of aryl methyl sites for hydroxylation is 1. The molecule has 4 nitrogen and oxygen atoms in total. The van der Waals surface area contributed by atoms with Crippen LogP contribution in [0.5, 0.6) is 0 Å². The van der Waals surface area contributed by atoms with Crippen molar-refractivity contribution in [2.24, 2.45) is 0 Å². The molecule has 2 N–H and O–H groups in total. The number of β-amino-alcohol motifs (C(OH)–C–C–N with tert-alkyl or cyclic N) is 1. The predicted molar refractivity (Wildman–Crippen MR) is 63.1 cm³/mol. The van der Waals surface area contributed by atoms with Gasteiger partial charge < -0.3 is 10.2 Å². The maximum atomic E-state index is 9.87. The molecule has 1 atom stereocenters. The van der Waals surface area contributed by atoms with E-state index in [9.17, 15) is 5.11 Å². The molecule has 0 aromatic carbocycles. The second kappa shape index (κ2) is 4.71. The van der Waals surface area contributed by atoms with E-state index in [2.05, 4.69) is 4.98 Å². The summed E-state index contributed by atoms with van der Waals surface area (Å²) in [6, 6.07) is 3.99. The minimum Gasteiger partial charge on any atom is -0.393 e. The number of aliphatic hydroxyl groups excluding tert-OH is 1. The monoisotopic (exact) mass is 240 g/mol. The number of hydrogen-bond acceptors (Lipinski definition) is 5. The minimum atomic E-state index is -0.933. The van der Waals surface area contributed by atoms with Crippen LogP contribution in [0.1, 0.15) is 12.0 Å². The zero-order valence-corrected chi connectivity index (χ0v) is 10.1. The second-order valence-electron chi connectivity index (χ2n) is 4.26. The van der Waals surface area contributed by atoms with Crippen molar-refractivity contribution in [1.82, 2.24) is 9.29 Å². The SMILES string of the molecule is Cc1ccc(SN2CCC(O)(CO)C2)nc1. The zero-order valence-electron chi connectivity index (χ0n) is 9.26. The molecule has 0 saturated carbocycles. The van der Waals surface area contributed by atoms with Gasteiger partial charge in [-0.05, 0) is 36.9 Å². The smallest absolute Gasteiger partial charge is 0.111 e. The molecule has 0 spiro atoms. The van der Waals surface area contributed by atoms with E-state index in [1.807, 2.05) is 29.6 Å². The lowest BCUT2D eigenvalue weighted by Gasteiger charge is -2.19. The lowest BCUT2D eigenvalue weighted by Crippen LogP contribution is -2.35. The fourth-order valence-electron chi connectivity index (χ4n) is 1.67. The summed E-state index contributed by atoms with van der Waals surface area (Å²) in [7, 11) is 0. The summed E-state index contributed by atoms with van der Waals surface area (Å²) in [6.07, 6.45) is 2.44. The van der Waals surface area contributed by atoms with Crippen LogP contribution >= 0.6 is 11.9 Å². The molecule has 2 heterocycles. The van der Waals surface area contributed by atoms with Gasteiger partial charge in [0.1, 0.15) is 10.6 Å². The first-order valence-electron chi connectivity index (χ1n) is 5.30. The van der Waals surface area contributed by atoms with Crippen LogP contribution in [0.4, 0.5) is 0 Å². The van der Waals surface area contributed by atoms with Crippen molar-refractivity contribution in [3.63, 3.8) is 0 Å². The summed E-state index contributed by atoms with van der Waals surface area (Å²) in [4.78, 5) is 4.29. The van der Waals surface area contributed by atoms with Crippen molar-refractivity contribution in [2.45, 2.75) is 24.0 Å². The Kier molecular flexibility index (Phi) is 3.49. The Balaban J connectivity index is 1.94. The lowest BCUT2D eigenvalue weighted by atomic mass is 10.1. The van der Waals surface area contributed by atoms with Crippen molar-refractivity contribution in [3.05, 3.63) is 23.9 Å². The van der Waals surface area contributed by atoms with Crippen LogP contribution in [0.25, 0.3) is 0 Å². The Labute approximate surface area is 99.4 Å². The first-order chi connectivity index (χ1) is 7.61. The minimum absolute atomic E-state index is 0.175. The lowest BCUT2D eigenvalue weighted by molar-refractivity contribution is -0.000273. The first kappa shape index (κ1) is 11.9. The summed E-state index contributed by atoms with van der Waals surface area (Å²) in [5.41, 5.74) is 0.204. The van der Waals surface area contributed by atoms with Gasteiger partial charge in [0.2, 0.25) is 0 Å². The fourth-order valence-corrected chi connectivity index (χ4v) is 2.65. The molecule has 1 saturated heterocycles. The van der Waals surface area contributed by atoms with E-state index < -0.39 is 5.60 Å². The molecule has 1 aliphatic rings. The maximum absolute atomic E-state index is 9.87. The molecule has 16 heavy (non-hydrogen) atoms. The maximum Gasteiger partial charge on any atom is 0.111 e. The summed E-state index contributed by atoms with van der Waals surface area (Å²) in [6.45, 7) is 3.09. The molecule has 1 unspecified atom stereocenters. The highest BCUT2D eigenvalue weighted by Crippen LogP contribution is 2.30. The predicted octanol–water partition coefficient (Wildman–Crippen LogP) is 0.826. The average molecular weight is 240 g/mol. The Hall–Kier alpha value is -0.620. The van der Waals surface area contributed by atoms with Crippen LogP contribution in [0.2, 0.25) is 0 Å². The average Bonchev–Trinajstić information content (AvgIpc) is 2.65. The van der Waals surface area contributed by atoms with Crippen molar-refractivity contribution in [3.8, 4) is 0 Å². The van der Waals surface area contributed by atoms with E-state index in [-0.39, 0.29) is 6.61 Å². The van der Waals surface area contributed by atoms with Gasteiger partial charge in [0.05, 0.1) is 6.61 Å². The molecule has 88 valence electrons. The van der Waals surface area contributed by atoms with Gasteiger partial charge in [-0.2, -0.15) is 0 Å². The van der Waals surface area contributed by atoms with Gasteiger partial charge in [-0.3, -0.25) is 0 Å². The third kappa shape index (κ3) is 2.74. The Bertz CT molecular complexity index is 358. The molecule has 0 amide bonds. The molecule has 1 aromatic heterocycles. The standard InChI is InChI=1S/C11H16N2O2S/c1-9-2-3-10(12-6-9)16-13-5-4-11(15,7-13)8-14/h2-3,6,14-15H,4-5,7-8H2,1H3. The molecule has 1 aromatic rings. The van der Waals surface area contributed by atoms with Gasteiger partial charge in [-0.1, -0.05) is 6.07 Å². The van der Waals surface area contributed by atoms with Crippen molar-refractivity contribution >= 4 is 11.9 Å². The molecule has 1 fully saturated rings. The first-order valence-corrected chi connectivity index (χ1v) is 6.07. The normalized spacial score (nSPS) is 26.2. The topological polar surface area (TPSA) is 56.6 Å². The summed E-state index contributed by atoms with van der Waals surface area (Å²) < 4.78 is 2.04. The van der Waals surface area contributed by atoms with Crippen LogP contribution in [0, 0.1) is 6.92 Å². The number of aliphatic hydroxyl groups is 2. The van der Waals surface area contributed by atoms with E-state index >= 15 is 0 Å². The van der Waals surface area contributed by atoms with E-state index in [0.29, 0.717) is 13.0 Å². The number of pyridine rings is 1. The van der Waals surface area contributed by atoms with E-state index in [1.54, 1.807) is 0 Å². The van der Waals surface area contributed by atoms with Crippen LogP contribution in [0.3, 0.4) is 0 Å². The van der Waals surface area contributed by atoms with E-state index in [0.717, 1.165) is 17.1 Å². The quantitative estimate of drug-likeness (QED) is 0.766. The molecular weight excluding hydrogens is 224 g/mol. The van der Waals surface area contributed by atoms with Gasteiger partial charge >= 0.3 is 0 Å². The largest absolute Gasteiger partial charge is 0.393 e. The highest BCUT2D eigenvalue weighted by atomic mass is 32.2. The molecule has 5 heteroatoms. The van der Waals surface area contributed by atoms with Crippen molar-refractivity contribution in [1.29, 1.82) is 0 Å². The molecule has 0 bridgehead atoms. The van der Waals surface area contributed by atoms with Gasteiger partial charge in [0.15, 0.2) is 0 Å². The highest BCUT2D eigenvalue weighted by Gasteiger charge is 2.35. The van der Waals surface area contributed by atoms with Gasteiger partial charge in [-0.25, -0.2) is 9.29 Å². The molecule has 0 aliphatic carbocycles. The summed E-state index contributed by atoms with van der Waals surface area (Å²) >= 11 is 1.53. The number of hydrogen-bond donors (Lipinski definition) is 2. The molecule has 0 radical (unpaired) electrons. The van der Waals surface area contributed by atoms with Crippen LogP contribution in [-0.4, -0.2) is 44.8 Å². The summed E-state index contributed by atoms with van der Waals surface area (Å²) in [5.74, 6) is 0. The van der Waals surface area contributed by atoms with Crippen molar-refractivity contribution in [2.75, 3.05) is 19.7 Å².